The Balaban J connectivity index is 0.000000845. The maximum absolute atomic E-state index is 2.18. The number of rotatable bonds is 0. The third kappa shape index (κ3) is 1.80. The molecule has 0 bridgehead atoms. The van der Waals surface area contributed by atoms with Crippen LogP contribution in [0.25, 0.3) is 10.8 Å². The average Bonchev–Trinajstić information content (AvgIpc) is 2.12. The van der Waals surface area contributed by atoms with Gasteiger partial charge in [0.05, 0.1) is 0 Å². The quantitative estimate of drug-likeness (QED) is 0.499. The molecule has 0 unspecified atom stereocenters. The zero-order valence-electron chi connectivity index (χ0n) is 9.46. The van der Waals surface area contributed by atoms with E-state index in [1.54, 1.807) is 0 Å². The Kier molecular flexibility index (Phi) is 3.20. The SMILES string of the molecule is Cc1ccc2ccccc2c1C.[H-].[Li+]. The summed E-state index contributed by atoms with van der Waals surface area (Å²) in [6.45, 7) is 4.33. The Morgan fingerprint density at radius 1 is 0.923 bits per heavy atom. The van der Waals surface area contributed by atoms with Gasteiger partial charge in [0.15, 0.2) is 0 Å². The molecule has 0 saturated heterocycles. The molecular weight excluding hydrogens is 151 g/mol. The van der Waals surface area contributed by atoms with Crippen LogP contribution in [-0.4, -0.2) is 0 Å². The summed E-state index contributed by atoms with van der Waals surface area (Å²) in [6.07, 6.45) is 0. The van der Waals surface area contributed by atoms with E-state index in [2.05, 4.69) is 50.2 Å². The number of hydrogen-bond acceptors (Lipinski definition) is 0. The van der Waals surface area contributed by atoms with E-state index in [1.807, 2.05) is 0 Å². The molecule has 2 aromatic rings. The first-order valence-corrected chi connectivity index (χ1v) is 4.24. The minimum Gasteiger partial charge on any atom is -1.00 e. The van der Waals surface area contributed by atoms with Crippen molar-refractivity contribution in [2.75, 3.05) is 0 Å². The Bertz CT molecular complexity index is 424. The van der Waals surface area contributed by atoms with Gasteiger partial charge in [0.2, 0.25) is 0 Å². The van der Waals surface area contributed by atoms with Crippen molar-refractivity contribution in [2.24, 2.45) is 0 Å². The molecule has 0 aliphatic rings. The van der Waals surface area contributed by atoms with E-state index in [0.29, 0.717) is 0 Å². The fraction of sp³-hybridized carbons (Fsp3) is 0.167. The first-order chi connectivity index (χ1) is 5.79. The van der Waals surface area contributed by atoms with E-state index in [0.717, 1.165) is 0 Å². The van der Waals surface area contributed by atoms with Crippen molar-refractivity contribution in [1.82, 2.24) is 0 Å². The second kappa shape index (κ2) is 4.00. The summed E-state index contributed by atoms with van der Waals surface area (Å²) in [4.78, 5) is 0. The molecule has 0 fully saturated rings. The standard InChI is InChI=1S/C12H12.Li.H/c1-9-7-8-11-5-3-4-6-12(11)10(9)2;;/h3-8H,1-2H3;;/q;+1;-1. The predicted molar refractivity (Wildman–Crippen MR) is 54.5 cm³/mol. The zero-order valence-corrected chi connectivity index (χ0v) is 8.46. The molecule has 2 aromatic carbocycles. The van der Waals surface area contributed by atoms with Crippen molar-refractivity contribution in [2.45, 2.75) is 13.8 Å². The van der Waals surface area contributed by atoms with Crippen LogP contribution in [-0.2, 0) is 0 Å². The Morgan fingerprint density at radius 3 is 2.38 bits per heavy atom. The minimum absolute atomic E-state index is 0. The molecule has 0 aliphatic heterocycles. The third-order valence-corrected chi connectivity index (χ3v) is 2.47. The van der Waals surface area contributed by atoms with Gasteiger partial charge < -0.3 is 1.43 Å². The van der Waals surface area contributed by atoms with Crippen LogP contribution in [0.4, 0.5) is 0 Å². The van der Waals surface area contributed by atoms with E-state index in [-0.39, 0.29) is 20.3 Å². The molecule has 13 heavy (non-hydrogen) atoms. The van der Waals surface area contributed by atoms with Gasteiger partial charge in [-0.3, -0.25) is 0 Å². The average molecular weight is 164 g/mol. The largest absolute Gasteiger partial charge is 1.00 e. The van der Waals surface area contributed by atoms with E-state index in [9.17, 15) is 0 Å². The smallest absolute Gasteiger partial charge is 1.00 e. The van der Waals surface area contributed by atoms with Crippen molar-refractivity contribution >= 4 is 10.8 Å². The summed E-state index contributed by atoms with van der Waals surface area (Å²) >= 11 is 0. The van der Waals surface area contributed by atoms with Gasteiger partial charge in [-0.15, -0.1) is 0 Å². The van der Waals surface area contributed by atoms with Crippen LogP contribution in [0.2, 0.25) is 0 Å². The van der Waals surface area contributed by atoms with E-state index in [1.165, 1.54) is 21.9 Å². The van der Waals surface area contributed by atoms with E-state index < -0.39 is 0 Å². The molecule has 1 heteroatoms. The van der Waals surface area contributed by atoms with Crippen LogP contribution < -0.4 is 18.9 Å². The van der Waals surface area contributed by atoms with Crippen molar-refractivity contribution in [3.63, 3.8) is 0 Å². The van der Waals surface area contributed by atoms with E-state index >= 15 is 0 Å². The van der Waals surface area contributed by atoms with Crippen LogP contribution in [0.15, 0.2) is 36.4 Å². The fourth-order valence-corrected chi connectivity index (χ4v) is 1.54. The van der Waals surface area contributed by atoms with Gasteiger partial charge in [-0.1, -0.05) is 36.4 Å². The predicted octanol–water partition coefficient (Wildman–Crippen LogP) is 0.573. The number of aryl methyl sites for hydroxylation is 2. The maximum atomic E-state index is 2.18. The first kappa shape index (κ1) is 10.4. The molecule has 0 nitrogen and oxygen atoms in total. The third-order valence-electron chi connectivity index (χ3n) is 2.47. The molecule has 0 aromatic heterocycles. The summed E-state index contributed by atoms with van der Waals surface area (Å²) in [7, 11) is 0. The molecule has 0 saturated carbocycles. The van der Waals surface area contributed by atoms with Gasteiger partial charge in [0, 0.05) is 0 Å². The van der Waals surface area contributed by atoms with Crippen molar-refractivity contribution in [1.29, 1.82) is 0 Å². The van der Waals surface area contributed by atoms with Crippen LogP contribution in [0.3, 0.4) is 0 Å². The second-order valence-corrected chi connectivity index (χ2v) is 3.23. The first-order valence-electron chi connectivity index (χ1n) is 4.24. The van der Waals surface area contributed by atoms with E-state index in [4.69, 9.17) is 0 Å². The molecule has 0 spiro atoms. The van der Waals surface area contributed by atoms with Gasteiger partial charge in [0.25, 0.3) is 0 Å². The zero-order chi connectivity index (χ0) is 8.55. The molecule has 0 heterocycles. The van der Waals surface area contributed by atoms with Crippen molar-refractivity contribution in [3.8, 4) is 0 Å². The summed E-state index contributed by atoms with van der Waals surface area (Å²) < 4.78 is 0. The van der Waals surface area contributed by atoms with Gasteiger partial charge in [-0.05, 0) is 35.7 Å². The van der Waals surface area contributed by atoms with Crippen LogP contribution >= 0.6 is 0 Å². The number of hydrogen-bond donors (Lipinski definition) is 0. The Morgan fingerprint density at radius 2 is 1.62 bits per heavy atom. The summed E-state index contributed by atoms with van der Waals surface area (Å²) in [5.74, 6) is 0. The molecular formula is C12H13Li. The topological polar surface area (TPSA) is 0 Å². The maximum Gasteiger partial charge on any atom is 1.00 e. The Labute approximate surface area is 92.6 Å². The molecule has 0 N–H and O–H groups in total. The minimum atomic E-state index is 0. The van der Waals surface area contributed by atoms with Crippen LogP contribution in [0.5, 0.6) is 0 Å². The second-order valence-electron chi connectivity index (χ2n) is 3.23. The monoisotopic (exact) mass is 164 g/mol. The van der Waals surface area contributed by atoms with Crippen molar-refractivity contribution < 1.29 is 20.3 Å². The van der Waals surface area contributed by atoms with Gasteiger partial charge in [0.1, 0.15) is 0 Å². The molecule has 62 valence electrons. The fourth-order valence-electron chi connectivity index (χ4n) is 1.54. The number of fused-ring (bicyclic) bond motifs is 1. The summed E-state index contributed by atoms with van der Waals surface area (Å²) in [5.41, 5.74) is 2.77. The van der Waals surface area contributed by atoms with Gasteiger partial charge in [-0.2, -0.15) is 0 Å². The molecule has 0 atom stereocenters. The van der Waals surface area contributed by atoms with Crippen LogP contribution in [0, 0.1) is 13.8 Å². The molecule has 2 rings (SSSR count). The van der Waals surface area contributed by atoms with Crippen molar-refractivity contribution in [3.05, 3.63) is 47.5 Å². The van der Waals surface area contributed by atoms with Gasteiger partial charge >= 0.3 is 18.9 Å². The summed E-state index contributed by atoms with van der Waals surface area (Å²) in [5, 5.41) is 2.71. The summed E-state index contributed by atoms with van der Waals surface area (Å²) in [6, 6.07) is 12.9. The van der Waals surface area contributed by atoms with Crippen LogP contribution in [0.1, 0.15) is 12.6 Å². The molecule has 0 amide bonds. The molecule has 0 aliphatic carbocycles. The normalized spacial score (nSPS) is 9.69. The van der Waals surface area contributed by atoms with Gasteiger partial charge in [-0.25, -0.2) is 0 Å². The Hall–Kier alpha value is -0.703. The number of benzene rings is 2. The molecule has 0 radical (unpaired) electrons.